The van der Waals surface area contributed by atoms with Gasteiger partial charge in [-0.1, -0.05) is 0 Å². The molecule has 1 aromatic rings. The summed E-state index contributed by atoms with van der Waals surface area (Å²) in [6, 6.07) is 1.88. The van der Waals surface area contributed by atoms with Crippen molar-refractivity contribution in [3.8, 4) is 5.88 Å². The molecule has 0 saturated carbocycles. The number of isocyanates is 1. The molecule has 0 spiro atoms. The zero-order chi connectivity index (χ0) is 9.68. The normalized spacial score (nSPS) is 9.08. The highest BCUT2D eigenvalue weighted by Crippen LogP contribution is 2.14. The van der Waals surface area contributed by atoms with Crippen LogP contribution in [0.2, 0.25) is 0 Å². The smallest absolute Gasteiger partial charge is 0.235 e. The molecule has 0 fully saturated rings. The number of nitrogens with zero attached hydrogens (tertiary/aromatic N) is 2. The topological polar surface area (TPSA) is 51.6 Å². The minimum atomic E-state index is 0.321. The first-order chi connectivity index (χ1) is 6.27. The average molecular weight is 178 g/mol. The SMILES string of the molecule is COc1ncc(CN=C=O)cc1C. The van der Waals surface area contributed by atoms with E-state index in [9.17, 15) is 4.79 Å². The minimum Gasteiger partial charge on any atom is -0.481 e. The van der Waals surface area contributed by atoms with Crippen molar-refractivity contribution in [2.75, 3.05) is 7.11 Å². The van der Waals surface area contributed by atoms with Gasteiger partial charge in [0, 0.05) is 11.8 Å². The molecular formula is C9H10N2O2. The lowest BCUT2D eigenvalue weighted by atomic mass is 10.2. The Labute approximate surface area is 76.3 Å². The van der Waals surface area contributed by atoms with Crippen LogP contribution in [0.5, 0.6) is 5.88 Å². The van der Waals surface area contributed by atoms with Crippen molar-refractivity contribution in [3.63, 3.8) is 0 Å². The quantitative estimate of drug-likeness (QED) is 0.516. The summed E-state index contributed by atoms with van der Waals surface area (Å²) in [6.45, 7) is 2.21. The molecule has 0 atom stereocenters. The first-order valence-electron chi connectivity index (χ1n) is 3.81. The van der Waals surface area contributed by atoms with Gasteiger partial charge in [0.25, 0.3) is 0 Å². The number of aryl methyl sites for hydroxylation is 1. The molecule has 0 aromatic carbocycles. The van der Waals surface area contributed by atoms with Crippen molar-refractivity contribution < 1.29 is 9.53 Å². The highest BCUT2D eigenvalue weighted by Gasteiger charge is 2.00. The van der Waals surface area contributed by atoms with Gasteiger partial charge in [0.1, 0.15) is 0 Å². The van der Waals surface area contributed by atoms with Crippen LogP contribution in [0.3, 0.4) is 0 Å². The van der Waals surface area contributed by atoms with Gasteiger partial charge in [-0.05, 0) is 18.6 Å². The second-order valence-electron chi connectivity index (χ2n) is 2.58. The lowest BCUT2D eigenvalue weighted by molar-refractivity contribution is 0.394. The lowest BCUT2D eigenvalue weighted by Gasteiger charge is -2.03. The number of pyridine rings is 1. The van der Waals surface area contributed by atoms with Gasteiger partial charge in [-0.2, -0.15) is 0 Å². The fourth-order valence-corrected chi connectivity index (χ4v) is 1.04. The summed E-state index contributed by atoms with van der Waals surface area (Å²) in [4.78, 5) is 17.3. The van der Waals surface area contributed by atoms with E-state index in [-0.39, 0.29) is 0 Å². The Hall–Kier alpha value is -1.67. The molecule has 68 valence electrons. The molecule has 0 unspecified atom stereocenters. The zero-order valence-corrected chi connectivity index (χ0v) is 7.57. The van der Waals surface area contributed by atoms with Crippen molar-refractivity contribution in [2.24, 2.45) is 4.99 Å². The second-order valence-corrected chi connectivity index (χ2v) is 2.58. The van der Waals surface area contributed by atoms with E-state index in [1.165, 1.54) is 6.08 Å². The van der Waals surface area contributed by atoms with Gasteiger partial charge in [-0.3, -0.25) is 0 Å². The van der Waals surface area contributed by atoms with Gasteiger partial charge < -0.3 is 4.74 Å². The number of rotatable bonds is 3. The van der Waals surface area contributed by atoms with Crippen LogP contribution in [0.4, 0.5) is 0 Å². The van der Waals surface area contributed by atoms with Gasteiger partial charge in [-0.15, -0.1) is 0 Å². The largest absolute Gasteiger partial charge is 0.481 e. The van der Waals surface area contributed by atoms with Gasteiger partial charge in [0.05, 0.1) is 13.7 Å². The molecule has 0 aliphatic heterocycles. The van der Waals surface area contributed by atoms with Gasteiger partial charge in [0.15, 0.2) is 0 Å². The van der Waals surface area contributed by atoms with E-state index in [0.29, 0.717) is 12.4 Å². The number of hydrogen-bond acceptors (Lipinski definition) is 4. The average Bonchev–Trinajstić information content (AvgIpc) is 2.15. The maximum Gasteiger partial charge on any atom is 0.235 e. The fourth-order valence-electron chi connectivity index (χ4n) is 1.04. The Morgan fingerprint density at radius 2 is 2.46 bits per heavy atom. The highest BCUT2D eigenvalue weighted by atomic mass is 16.5. The number of carbonyl (C=O) groups excluding carboxylic acids is 1. The van der Waals surface area contributed by atoms with Gasteiger partial charge in [0.2, 0.25) is 12.0 Å². The molecule has 4 heteroatoms. The number of methoxy groups -OCH3 is 1. The zero-order valence-electron chi connectivity index (χ0n) is 7.57. The monoisotopic (exact) mass is 178 g/mol. The van der Waals surface area contributed by atoms with E-state index >= 15 is 0 Å². The van der Waals surface area contributed by atoms with Crippen molar-refractivity contribution in [3.05, 3.63) is 23.4 Å². The third-order valence-electron chi connectivity index (χ3n) is 1.61. The number of ether oxygens (including phenoxy) is 1. The highest BCUT2D eigenvalue weighted by molar-refractivity contribution is 5.34. The van der Waals surface area contributed by atoms with E-state index in [2.05, 4.69) is 9.98 Å². The molecular weight excluding hydrogens is 168 g/mol. The lowest BCUT2D eigenvalue weighted by Crippen LogP contribution is -1.93. The van der Waals surface area contributed by atoms with E-state index in [4.69, 9.17) is 4.74 Å². The molecule has 1 heterocycles. The van der Waals surface area contributed by atoms with Crippen molar-refractivity contribution in [1.29, 1.82) is 0 Å². The Balaban J connectivity index is 2.88. The van der Waals surface area contributed by atoms with Crippen LogP contribution in [-0.4, -0.2) is 18.2 Å². The summed E-state index contributed by atoms with van der Waals surface area (Å²) >= 11 is 0. The van der Waals surface area contributed by atoms with Crippen molar-refractivity contribution in [2.45, 2.75) is 13.5 Å². The molecule has 0 aliphatic carbocycles. The van der Waals surface area contributed by atoms with Crippen molar-refractivity contribution >= 4 is 6.08 Å². The summed E-state index contributed by atoms with van der Waals surface area (Å²) < 4.78 is 4.99. The molecule has 0 amide bonds. The summed E-state index contributed by atoms with van der Waals surface area (Å²) in [5, 5.41) is 0. The summed E-state index contributed by atoms with van der Waals surface area (Å²) in [7, 11) is 1.57. The van der Waals surface area contributed by atoms with E-state index < -0.39 is 0 Å². The van der Waals surface area contributed by atoms with Crippen LogP contribution in [-0.2, 0) is 11.3 Å². The molecule has 0 bridgehead atoms. The predicted octanol–water partition coefficient (Wildman–Crippen LogP) is 1.23. The van der Waals surface area contributed by atoms with E-state index in [1.807, 2.05) is 13.0 Å². The Kier molecular flexibility index (Phi) is 3.17. The Morgan fingerprint density at radius 3 is 3.00 bits per heavy atom. The third-order valence-corrected chi connectivity index (χ3v) is 1.61. The van der Waals surface area contributed by atoms with E-state index in [0.717, 1.165) is 11.1 Å². The molecule has 0 aliphatic rings. The number of hydrogen-bond donors (Lipinski definition) is 0. The Morgan fingerprint density at radius 1 is 1.69 bits per heavy atom. The molecule has 1 aromatic heterocycles. The molecule has 13 heavy (non-hydrogen) atoms. The molecule has 0 N–H and O–H groups in total. The summed E-state index contributed by atoms with van der Waals surface area (Å²) in [5.74, 6) is 0.596. The summed E-state index contributed by atoms with van der Waals surface area (Å²) in [5.41, 5.74) is 1.81. The van der Waals surface area contributed by atoms with Crippen molar-refractivity contribution in [1.82, 2.24) is 4.98 Å². The number of aliphatic imine (C=N–C) groups is 1. The van der Waals surface area contributed by atoms with Crippen LogP contribution < -0.4 is 4.74 Å². The Bertz CT molecular complexity index is 343. The van der Waals surface area contributed by atoms with Crippen LogP contribution in [0, 0.1) is 6.92 Å². The van der Waals surface area contributed by atoms with Gasteiger partial charge >= 0.3 is 0 Å². The molecule has 1 rings (SSSR count). The fraction of sp³-hybridized carbons (Fsp3) is 0.333. The third kappa shape index (κ3) is 2.39. The first-order valence-corrected chi connectivity index (χ1v) is 3.81. The maximum atomic E-state index is 9.85. The predicted molar refractivity (Wildman–Crippen MR) is 47.4 cm³/mol. The standard InChI is InChI=1S/C9H10N2O2/c1-7-3-8(4-10-6-12)5-11-9(7)13-2/h3,5H,4H2,1-2H3. The van der Waals surface area contributed by atoms with Crippen LogP contribution in [0.15, 0.2) is 17.3 Å². The number of aromatic nitrogens is 1. The van der Waals surface area contributed by atoms with Gasteiger partial charge in [-0.25, -0.2) is 14.8 Å². The summed E-state index contributed by atoms with van der Waals surface area (Å²) in [6.07, 6.45) is 3.11. The van der Waals surface area contributed by atoms with Crippen LogP contribution in [0.1, 0.15) is 11.1 Å². The van der Waals surface area contributed by atoms with Crippen LogP contribution >= 0.6 is 0 Å². The van der Waals surface area contributed by atoms with Crippen LogP contribution in [0.25, 0.3) is 0 Å². The minimum absolute atomic E-state index is 0.321. The molecule has 4 nitrogen and oxygen atoms in total. The maximum absolute atomic E-state index is 9.85. The second kappa shape index (κ2) is 4.38. The molecule has 0 radical (unpaired) electrons. The molecule has 0 saturated heterocycles. The van der Waals surface area contributed by atoms with E-state index in [1.54, 1.807) is 13.3 Å². The first kappa shape index (κ1) is 9.42.